The van der Waals surface area contributed by atoms with Crippen molar-refractivity contribution in [2.75, 3.05) is 18.5 Å². The molecule has 33 heavy (non-hydrogen) atoms. The highest BCUT2D eigenvalue weighted by atomic mass is 35.5. The van der Waals surface area contributed by atoms with Crippen LogP contribution in [0.1, 0.15) is 6.92 Å². The van der Waals surface area contributed by atoms with E-state index in [1.165, 1.54) is 6.07 Å². The Kier molecular flexibility index (Phi) is 6.87. The summed E-state index contributed by atoms with van der Waals surface area (Å²) in [7, 11) is 0. The molecule has 1 heterocycles. The largest absolute Gasteiger partial charge is 0.494 e. The van der Waals surface area contributed by atoms with Gasteiger partial charge < -0.3 is 19.2 Å². The van der Waals surface area contributed by atoms with E-state index in [1.54, 1.807) is 60.7 Å². The van der Waals surface area contributed by atoms with Gasteiger partial charge in [0.2, 0.25) is 11.2 Å². The van der Waals surface area contributed by atoms with Gasteiger partial charge in [-0.05, 0) is 61.5 Å². The maximum atomic E-state index is 13.2. The number of halogens is 2. The molecule has 1 amide bonds. The van der Waals surface area contributed by atoms with Crippen LogP contribution in [0.4, 0.5) is 5.69 Å². The molecule has 1 aromatic heterocycles. The molecule has 0 spiro atoms. The molecular formula is C25H19Cl2NO5. The number of amides is 1. The van der Waals surface area contributed by atoms with Crippen LogP contribution in [0, 0.1) is 0 Å². The van der Waals surface area contributed by atoms with Crippen molar-refractivity contribution < 1.29 is 18.7 Å². The van der Waals surface area contributed by atoms with Crippen molar-refractivity contribution >= 4 is 45.8 Å². The average molecular weight is 484 g/mol. The van der Waals surface area contributed by atoms with Crippen molar-refractivity contribution in [2.45, 2.75) is 6.92 Å². The highest BCUT2D eigenvalue weighted by Crippen LogP contribution is 2.36. The molecule has 0 bridgehead atoms. The fraction of sp³-hybridized carbons (Fsp3) is 0.120. The lowest BCUT2D eigenvalue weighted by molar-refractivity contribution is -0.118. The molecule has 168 valence electrons. The summed E-state index contributed by atoms with van der Waals surface area (Å²) < 4.78 is 17.0. The Bertz CT molecular complexity index is 1370. The summed E-state index contributed by atoms with van der Waals surface area (Å²) >= 11 is 12.4. The molecule has 6 nitrogen and oxygen atoms in total. The first-order valence-corrected chi connectivity index (χ1v) is 10.9. The molecule has 0 saturated heterocycles. The van der Waals surface area contributed by atoms with Crippen molar-refractivity contribution in [2.24, 2.45) is 0 Å². The molecule has 0 aliphatic heterocycles. The minimum atomic E-state index is -0.445. The van der Waals surface area contributed by atoms with Crippen LogP contribution in [0.25, 0.3) is 22.3 Å². The van der Waals surface area contributed by atoms with Gasteiger partial charge in [-0.25, -0.2) is 0 Å². The number of hydrogen-bond acceptors (Lipinski definition) is 5. The molecule has 3 aromatic carbocycles. The summed E-state index contributed by atoms with van der Waals surface area (Å²) in [6.45, 7) is 2.03. The number of rotatable bonds is 7. The number of fused-ring (bicyclic) bond motifs is 1. The van der Waals surface area contributed by atoms with Gasteiger partial charge in [-0.1, -0.05) is 35.3 Å². The fourth-order valence-corrected chi connectivity index (χ4v) is 3.74. The maximum Gasteiger partial charge on any atom is 0.262 e. The molecule has 0 unspecified atom stereocenters. The number of hydrogen-bond donors (Lipinski definition) is 1. The normalized spacial score (nSPS) is 10.8. The smallest absolute Gasteiger partial charge is 0.262 e. The van der Waals surface area contributed by atoms with Gasteiger partial charge in [-0.2, -0.15) is 0 Å². The fourth-order valence-electron chi connectivity index (χ4n) is 3.24. The highest BCUT2D eigenvalue weighted by molar-refractivity contribution is 6.36. The molecule has 1 N–H and O–H groups in total. The molecule has 4 rings (SSSR count). The number of benzene rings is 3. The Morgan fingerprint density at radius 1 is 1.00 bits per heavy atom. The van der Waals surface area contributed by atoms with Gasteiger partial charge in [0.1, 0.15) is 11.3 Å². The van der Waals surface area contributed by atoms with E-state index in [0.29, 0.717) is 39.6 Å². The lowest BCUT2D eigenvalue weighted by Gasteiger charge is -2.13. The van der Waals surface area contributed by atoms with Crippen LogP contribution in [-0.4, -0.2) is 19.1 Å². The number of para-hydroxylation sites is 1. The van der Waals surface area contributed by atoms with E-state index in [-0.39, 0.29) is 16.5 Å². The summed E-state index contributed by atoms with van der Waals surface area (Å²) in [6, 6.07) is 18.5. The predicted molar refractivity (Wildman–Crippen MR) is 130 cm³/mol. The molecular weight excluding hydrogens is 465 g/mol. The minimum Gasteiger partial charge on any atom is -0.494 e. The number of nitrogens with one attached hydrogen (secondary N) is 1. The lowest BCUT2D eigenvalue weighted by Crippen LogP contribution is -2.22. The molecule has 0 fully saturated rings. The zero-order valence-electron chi connectivity index (χ0n) is 17.6. The molecule has 0 aliphatic rings. The van der Waals surface area contributed by atoms with E-state index in [0.717, 1.165) is 0 Å². The summed E-state index contributed by atoms with van der Waals surface area (Å²) in [4.78, 5) is 25.7. The lowest BCUT2D eigenvalue weighted by atomic mass is 10.1. The molecule has 0 atom stereocenters. The van der Waals surface area contributed by atoms with Crippen LogP contribution in [0.15, 0.2) is 75.9 Å². The van der Waals surface area contributed by atoms with Crippen molar-refractivity contribution in [3.8, 4) is 22.8 Å². The molecule has 4 aromatic rings. The van der Waals surface area contributed by atoms with Crippen LogP contribution < -0.4 is 20.2 Å². The van der Waals surface area contributed by atoms with Crippen LogP contribution in [-0.2, 0) is 4.79 Å². The van der Waals surface area contributed by atoms with Gasteiger partial charge in [0.25, 0.3) is 5.91 Å². The maximum absolute atomic E-state index is 13.2. The molecule has 0 radical (unpaired) electrons. The van der Waals surface area contributed by atoms with Crippen molar-refractivity contribution in [3.63, 3.8) is 0 Å². The second-order valence-electron chi connectivity index (χ2n) is 7.00. The van der Waals surface area contributed by atoms with Crippen LogP contribution >= 0.6 is 23.2 Å². The zero-order valence-corrected chi connectivity index (χ0v) is 19.1. The zero-order chi connectivity index (χ0) is 23.4. The molecule has 0 saturated carbocycles. The summed E-state index contributed by atoms with van der Waals surface area (Å²) in [5.74, 6) is 0.263. The topological polar surface area (TPSA) is 77.8 Å². The van der Waals surface area contributed by atoms with Gasteiger partial charge in [-0.15, -0.1) is 0 Å². The third-order valence-corrected chi connectivity index (χ3v) is 5.28. The van der Waals surface area contributed by atoms with E-state index in [2.05, 4.69) is 5.32 Å². The summed E-state index contributed by atoms with van der Waals surface area (Å²) in [6.07, 6.45) is 0. The quantitative estimate of drug-likeness (QED) is 0.339. The third-order valence-electron chi connectivity index (χ3n) is 4.73. The first kappa shape index (κ1) is 22.7. The van der Waals surface area contributed by atoms with E-state index in [1.807, 2.05) is 6.92 Å². The molecule has 0 aliphatic carbocycles. The Hall–Kier alpha value is -3.48. The van der Waals surface area contributed by atoms with E-state index in [9.17, 15) is 9.59 Å². The monoisotopic (exact) mass is 483 g/mol. The van der Waals surface area contributed by atoms with Gasteiger partial charge in [-0.3, -0.25) is 9.59 Å². The Morgan fingerprint density at radius 2 is 1.76 bits per heavy atom. The van der Waals surface area contributed by atoms with Crippen molar-refractivity contribution in [3.05, 3.63) is 87.0 Å². The van der Waals surface area contributed by atoms with Crippen LogP contribution in [0.3, 0.4) is 0 Å². The van der Waals surface area contributed by atoms with E-state index >= 15 is 0 Å². The third kappa shape index (κ3) is 5.13. The minimum absolute atomic E-state index is 0.111. The van der Waals surface area contributed by atoms with Gasteiger partial charge in [0.15, 0.2) is 12.4 Å². The Morgan fingerprint density at radius 3 is 2.48 bits per heavy atom. The standard InChI is InChI=1S/C25H19Cl2NO5/c1-2-31-17-10-8-16(9-11-17)28-22(29)14-32-25-23(30)19-5-3-4-6-21(19)33-24(25)18-12-7-15(26)13-20(18)27/h3-13H,2,14H2,1H3,(H,28,29). The Labute approximate surface area is 199 Å². The number of carbonyl (C=O) groups is 1. The highest BCUT2D eigenvalue weighted by Gasteiger charge is 2.21. The Balaban J connectivity index is 1.63. The van der Waals surface area contributed by atoms with Gasteiger partial charge >= 0.3 is 0 Å². The summed E-state index contributed by atoms with van der Waals surface area (Å²) in [5.41, 5.74) is 0.950. The summed E-state index contributed by atoms with van der Waals surface area (Å²) in [5, 5.41) is 3.76. The van der Waals surface area contributed by atoms with Gasteiger partial charge in [0, 0.05) is 16.3 Å². The SMILES string of the molecule is CCOc1ccc(NC(=O)COc2c(-c3ccc(Cl)cc3Cl)oc3ccccc3c2=O)cc1. The van der Waals surface area contributed by atoms with Crippen molar-refractivity contribution in [1.29, 1.82) is 0 Å². The van der Waals surface area contributed by atoms with Crippen molar-refractivity contribution in [1.82, 2.24) is 0 Å². The number of anilines is 1. The van der Waals surface area contributed by atoms with E-state index in [4.69, 9.17) is 37.1 Å². The second kappa shape index (κ2) is 9.98. The van der Waals surface area contributed by atoms with Gasteiger partial charge in [0.05, 0.1) is 17.0 Å². The number of ether oxygens (including phenoxy) is 2. The predicted octanol–water partition coefficient (Wildman–Crippen LogP) is 6.18. The first-order chi connectivity index (χ1) is 16.0. The first-order valence-electron chi connectivity index (χ1n) is 10.1. The average Bonchev–Trinajstić information content (AvgIpc) is 2.80. The molecule has 8 heteroatoms. The number of carbonyl (C=O) groups excluding carboxylic acids is 1. The second-order valence-corrected chi connectivity index (χ2v) is 7.85. The van der Waals surface area contributed by atoms with E-state index < -0.39 is 17.9 Å². The van der Waals surface area contributed by atoms with Crippen LogP contribution in [0.5, 0.6) is 11.5 Å². The van der Waals surface area contributed by atoms with Crippen LogP contribution in [0.2, 0.25) is 10.0 Å².